The van der Waals surface area contributed by atoms with Crippen molar-refractivity contribution in [3.8, 4) is 0 Å². The fourth-order valence-electron chi connectivity index (χ4n) is 2.37. The highest BCUT2D eigenvalue weighted by Crippen LogP contribution is 2.39. The van der Waals surface area contributed by atoms with E-state index in [0.29, 0.717) is 5.39 Å². The number of hydrogen-bond acceptors (Lipinski definition) is 3. The molecule has 0 radical (unpaired) electrons. The lowest BCUT2D eigenvalue weighted by atomic mass is 10.0. The Morgan fingerprint density at radius 2 is 2.28 bits per heavy atom. The van der Waals surface area contributed by atoms with Crippen LogP contribution in [-0.4, -0.2) is 18.3 Å². The Morgan fingerprint density at radius 1 is 1.44 bits per heavy atom. The van der Waals surface area contributed by atoms with E-state index in [1.807, 2.05) is 6.92 Å². The Kier molecular flexibility index (Phi) is 3.03. The highest BCUT2D eigenvalue weighted by Gasteiger charge is 2.30. The summed E-state index contributed by atoms with van der Waals surface area (Å²) in [4.78, 5) is 0. The lowest BCUT2D eigenvalue weighted by molar-refractivity contribution is 0.487. The first-order chi connectivity index (χ1) is 8.68. The van der Waals surface area contributed by atoms with Crippen LogP contribution in [0.1, 0.15) is 17.7 Å². The molecule has 2 atom stereocenters. The summed E-state index contributed by atoms with van der Waals surface area (Å²) in [7, 11) is 0. The Balaban J connectivity index is 2.15. The fourth-order valence-corrected chi connectivity index (χ4v) is 3.63. The van der Waals surface area contributed by atoms with Crippen LogP contribution >= 0.6 is 11.8 Å². The highest BCUT2D eigenvalue weighted by molar-refractivity contribution is 7.99. The number of hydrogen-bond donors (Lipinski definition) is 1. The van der Waals surface area contributed by atoms with Crippen LogP contribution < -0.4 is 5.32 Å². The van der Waals surface area contributed by atoms with Gasteiger partial charge in [-0.15, -0.1) is 0 Å². The van der Waals surface area contributed by atoms with Crippen LogP contribution in [0.3, 0.4) is 0 Å². The minimum atomic E-state index is -0.567. The van der Waals surface area contributed by atoms with Gasteiger partial charge in [-0.25, -0.2) is 8.78 Å². The van der Waals surface area contributed by atoms with Crippen molar-refractivity contribution in [1.82, 2.24) is 5.32 Å². The summed E-state index contributed by atoms with van der Waals surface area (Å²) < 4.78 is 33.5. The lowest BCUT2D eigenvalue weighted by Crippen LogP contribution is -2.37. The van der Waals surface area contributed by atoms with E-state index in [1.54, 1.807) is 17.8 Å². The second kappa shape index (κ2) is 4.55. The number of fused-ring (bicyclic) bond motifs is 1. The third-order valence-corrected chi connectivity index (χ3v) is 4.72. The van der Waals surface area contributed by atoms with E-state index in [-0.39, 0.29) is 22.4 Å². The van der Waals surface area contributed by atoms with Gasteiger partial charge in [-0.2, -0.15) is 11.8 Å². The summed E-state index contributed by atoms with van der Waals surface area (Å²) in [5.74, 6) is -0.207. The normalized spacial score (nSPS) is 24.6. The third kappa shape index (κ3) is 1.82. The molecule has 1 aromatic heterocycles. The van der Waals surface area contributed by atoms with Crippen LogP contribution in [0.4, 0.5) is 8.78 Å². The molecule has 0 spiro atoms. The summed E-state index contributed by atoms with van der Waals surface area (Å²) >= 11 is 1.58. The van der Waals surface area contributed by atoms with E-state index >= 15 is 0 Å². The average Bonchev–Trinajstić information content (AvgIpc) is 2.79. The van der Waals surface area contributed by atoms with Crippen LogP contribution in [0.25, 0.3) is 11.0 Å². The van der Waals surface area contributed by atoms with Gasteiger partial charge in [0.2, 0.25) is 0 Å². The molecule has 0 amide bonds. The van der Waals surface area contributed by atoms with Gasteiger partial charge in [0.15, 0.2) is 11.4 Å². The summed E-state index contributed by atoms with van der Waals surface area (Å²) in [6.45, 7) is 2.82. The number of benzene rings is 1. The zero-order valence-corrected chi connectivity index (χ0v) is 10.7. The Hall–Kier alpha value is -1.07. The molecule has 1 saturated heterocycles. The van der Waals surface area contributed by atoms with Crippen LogP contribution in [0, 0.1) is 11.6 Å². The van der Waals surface area contributed by atoms with Gasteiger partial charge in [0, 0.05) is 29.3 Å². The average molecular weight is 269 g/mol. The molecule has 2 heterocycles. The predicted molar refractivity (Wildman–Crippen MR) is 68.8 cm³/mol. The van der Waals surface area contributed by atoms with Crippen LogP contribution in [0.2, 0.25) is 0 Å². The molecule has 0 saturated carbocycles. The summed E-state index contributed by atoms with van der Waals surface area (Å²) in [5, 5.41) is 3.50. The number of nitrogens with one attached hydrogen (secondary N) is 1. The maximum Gasteiger partial charge on any atom is 0.173 e. The quantitative estimate of drug-likeness (QED) is 0.858. The van der Waals surface area contributed by atoms with E-state index in [9.17, 15) is 8.78 Å². The van der Waals surface area contributed by atoms with Gasteiger partial charge in [-0.05, 0) is 19.1 Å². The second-order valence-electron chi connectivity index (χ2n) is 4.46. The molecule has 3 rings (SSSR count). The van der Waals surface area contributed by atoms with Gasteiger partial charge in [0.1, 0.15) is 5.82 Å². The lowest BCUT2D eigenvalue weighted by Gasteiger charge is -2.30. The van der Waals surface area contributed by atoms with Gasteiger partial charge in [0.05, 0.1) is 11.5 Å². The van der Waals surface area contributed by atoms with E-state index in [1.165, 1.54) is 12.3 Å². The summed E-state index contributed by atoms with van der Waals surface area (Å²) in [5.41, 5.74) is 0.270. The monoisotopic (exact) mass is 269 g/mol. The molecule has 0 bridgehead atoms. The molecular formula is C13H13F2NOS. The molecule has 1 aromatic carbocycles. The van der Waals surface area contributed by atoms with Crippen molar-refractivity contribution in [2.45, 2.75) is 18.2 Å². The largest absolute Gasteiger partial charge is 0.461 e. The fraction of sp³-hybridized carbons (Fsp3) is 0.385. The molecule has 1 aliphatic rings. The second-order valence-corrected chi connectivity index (χ2v) is 5.71. The molecule has 1 fully saturated rings. The van der Waals surface area contributed by atoms with Crippen LogP contribution in [-0.2, 0) is 0 Å². The van der Waals surface area contributed by atoms with Crippen molar-refractivity contribution in [3.05, 3.63) is 35.6 Å². The van der Waals surface area contributed by atoms with Gasteiger partial charge in [-0.3, -0.25) is 0 Å². The zero-order valence-electron chi connectivity index (χ0n) is 9.87. The Labute approximate surface area is 108 Å². The predicted octanol–water partition coefficient (Wildman–Crippen LogP) is 3.48. The highest BCUT2D eigenvalue weighted by atomic mass is 32.2. The molecule has 2 unspecified atom stereocenters. The third-order valence-electron chi connectivity index (χ3n) is 3.28. The standard InChI is InChI=1S/C13H13F2NOS/c1-7-13(18-5-3-16-7)10-9(14)6-8-2-4-17-12(8)11(10)15/h2,4,6-7,13,16H,3,5H2,1H3. The van der Waals surface area contributed by atoms with Crippen molar-refractivity contribution in [3.63, 3.8) is 0 Å². The van der Waals surface area contributed by atoms with Crippen molar-refractivity contribution in [2.75, 3.05) is 12.3 Å². The minimum Gasteiger partial charge on any atom is -0.461 e. The van der Waals surface area contributed by atoms with E-state index in [4.69, 9.17) is 4.42 Å². The first-order valence-electron chi connectivity index (χ1n) is 5.88. The van der Waals surface area contributed by atoms with Crippen LogP contribution in [0.5, 0.6) is 0 Å². The van der Waals surface area contributed by atoms with E-state index < -0.39 is 11.6 Å². The van der Waals surface area contributed by atoms with Crippen molar-refractivity contribution in [1.29, 1.82) is 0 Å². The number of rotatable bonds is 1. The molecule has 1 aliphatic heterocycles. The molecule has 5 heteroatoms. The van der Waals surface area contributed by atoms with E-state index in [0.717, 1.165) is 12.3 Å². The summed E-state index contributed by atoms with van der Waals surface area (Å²) in [6, 6.07) is 2.96. The van der Waals surface area contributed by atoms with Gasteiger partial charge in [0.25, 0.3) is 0 Å². The molecule has 1 N–H and O–H groups in total. The molecular weight excluding hydrogens is 256 g/mol. The minimum absolute atomic E-state index is 0.0418. The Bertz CT molecular complexity index is 584. The van der Waals surface area contributed by atoms with Gasteiger partial charge in [-0.1, -0.05) is 0 Å². The first-order valence-corrected chi connectivity index (χ1v) is 6.93. The molecule has 0 aliphatic carbocycles. The molecule has 2 aromatic rings. The molecule has 2 nitrogen and oxygen atoms in total. The smallest absolute Gasteiger partial charge is 0.173 e. The topological polar surface area (TPSA) is 25.2 Å². The van der Waals surface area contributed by atoms with E-state index in [2.05, 4.69) is 5.32 Å². The summed E-state index contributed by atoms with van der Waals surface area (Å²) in [6.07, 6.45) is 1.38. The van der Waals surface area contributed by atoms with Crippen molar-refractivity contribution < 1.29 is 13.2 Å². The van der Waals surface area contributed by atoms with Gasteiger partial charge < -0.3 is 9.73 Å². The molecule has 96 valence electrons. The van der Waals surface area contributed by atoms with Gasteiger partial charge >= 0.3 is 0 Å². The number of thioether (sulfide) groups is 1. The number of halogens is 2. The first kappa shape index (κ1) is 12.0. The van der Waals surface area contributed by atoms with Crippen molar-refractivity contribution >= 4 is 22.7 Å². The number of furan rings is 1. The maximum atomic E-state index is 14.3. The Morgan fingerprint density at radius 3 is 3.06 bits per heavy atom. The SMILES string of the molecule is CC1NCCSC1c1c(F)cc2ccoc2c1F. The zero-order chi connectivity index (χ0) is 12.7. The molecule has 18 heavy (non-hydrogen) atoms. The van der Waals surface area contributed by atoms with Crippen molar-refractivity contribution in [2.24, 2.45) is 0 Å². The van der Waals surface area contributed by atoms with Crippen LogP contribution in [0.15, 0.2) is 22.8 Å². The maximum absolute atomic E-state index is 14.3.